The lowest BCUT2D eigenvalue weighted by atomic mass is 9.47. The molecule has 1 aromatic carbocycles. The maximum absolute atomic E-state index is 13.5. The number of carbonyl (C=O) groups is 1. The fourth-order valence-corrected chi connectivity index (χ4v) is 3.74. The minimum absolute atomic E-state index is 0.0737. The molecule has 0 unspecified atom stereocenters. The number of halogens is 1. The Morgan fingerprint density at radius 1 is 1.32 bits per heavy atom. The summed E-state index contributed by atoms with van der Waals surface area (Å²) in [7, 11) is 1.45. The maximum Gasteiger partial charge on any atom is 0.308 e. The first-order valence-corrected chi connectivity index (χ1v) is 6.87. The van der Waals surface area contributed by atoms with Crippen LogP contribution in [0.15, 0.2) is 18.2 Å². The van der Waals surface area contributed by atoms with Gasteiger partial charge in [-0.25, -0.2) is 4.39 Å². The van der Waals surface area contributed by atoms with Crippen molar-refractivity contribution in [3.8, 4) is 0 Å². The quantitative estimate of drug-likeness (QED) is 0.761. The molecule has 0 amide bonds. The zero-order chi connectivity index (χ0) is 13.6. The van der Waals surface area contributed by atoms with Gasteiger partial charge in [0.05, 0.1) is 13.0 Å². The van der Waals surface area contributed by atoms with Crippen LogP contribution >= 0.6 is 0 Å². The van der Waals surface area contributed by atoms with Gasteiger partial charge in [0.1, 0.15) is 5.82 Å². The molecule has 0 saturated heterocycles. The summed E-state index contributed by atoms with van der Waals surface area (Å²) in [5.41, 5.74) is 2.15. The van der Waals surface area contributed by atoms with Gasteiger partial charge in [-0.3, -0.25) is 4.79 Å². The molecule has 0 bridgehead atoms. The summed E-state index contributed by atoms with van der Waals surface area (Å²) in [5.74, 6) is 0.379. The lowest BCUT2D eigenvalue weighted by Crippen LogP contribution is -2.49. The van der Waals surface area contributed by atoms with Gasteiger partial charge >= 0.3 is 5.97 Å². The molecule has 3 rings (SSSR count). The van der Waals surface area contributed by atoms with Gasteiger partial charge in [-0.15, -0.1) is 0 Å². The molecule has 2 aliphatic rings. The van der Waals surface area contributed by atoms with Crippen LogP contribution in [0.5, 0.6) is 0 Å². The molecule has 0 aliphatic heterocycles. The highest BCUT2D eigenvalue weighted by molar-refractivity contribution is 5.73. The van der Waals surface area contributed by atoms with Crippen LogP contribution in [0.1, 0.15) is 42.7 Å². The summed E-state index contributed by atoms with van der Waals surface area (Å²) in [6, 6.07) is 5.56. The number of hydrogen-bond acceptors (Lipinski definition) is 2. The number of aryl methyl sites for hydroxylation is 1. The third kappa shape index (κ3) is 2.05. The van der Waals surface area contributed by atoms with E-state index >= 15 is 0 Å². The molecule has 2 aliphatic carbocycles. The standard InChI is InChI=1S/C16H19FO2/c1-10-3-4-11(5-14(10)17)12-6-16(7-12)8-13(9-16)15(18)19-2/h3-5,12-13H,6-9H2,1-2H3. The highest BCUT2D eigenvalue weighted by Gasteiger charge is 2.55. The van der Waals surface area contributed by atoms with E-state index in [0.29, 0.717) is 16.9 Å². The lowest BCUT2D eigenvalue weighted by molar-refractivity contribution is -0.159. The fraction of sp³-hybridized carbons (Fsp3) is 0.562. The van der Waals surface area contributed by atoms with Crippen molar-refractivity contribution in [2.45, 2.75) is 38.5 Å². The zero-order valence-electron chi connectivity index (χ0n) is 11.4. The largest absolute Gasteiger partial charge is 0.469 e. The number of esters is 1. The number of carbonyl (C=O) groups excluding carboxylic acids is 1. The van der Waals surface area contributed by atoms with E-state index in [1.165, 1.54) is 7.11 Å². The van der Waals surface area contributed by atoms with Crippen molar-refractivity contribution in [1.82, 2.24) is 0 Å². The number of rotatable bonds is 2. The summed E-state index contributed by atoms with van der Waals surface area (Å²) in [6.07, 6.45) is 4.07. The summed E-state index contributed by atoms with van der Waals surface area (Å²) < 4.78 is 18.3. The lowest BCUT2D eigenvalue weighted by Gasteiger charge is -2.57. The van der Waals surface area contributed by atoms with Crippen molar-refractivity contribution in [1.29, 1.82) is 0 Å². The SMILES string of the molecule is COC(=O)C1CC2(C1)CC(c1ccc(C)c(F)c1)C2. The van der Waals surface area contributed by atoms with Crippen LogP contribution in [0.3, 0.4) is 0 Å². The van der Waals surface area contributed by atoms with E-state index in [1.807, 2.05) is 12.1 Å². The molecule has 0 radical (unpaired) electrons. The van der Waals surface area contributed by atoms with E-state index in [9.17, 15) is 9.18 Å². The van der Waals surface area contributed by atoms with Crippen molar-refractivity contribution in [2.75, 3.05) is 7.11 Å². The molecule has 2 saturated carbocycles. The predicted molar refractivity (Wildman–Crippen MR) is 70.3 cm³/mol. The molecule has 0 aromatic heterocycles. The number of benzene rings is 1. The van der Waals surface area contributed by atoms with Crippen LogP contribution in [0.4, 0.5) is 4.39 Å². The van der Waals surface area contributed by atoms with Crippen molar-refractivity contribution in [3.05, 3.63) is 35.1 Å². The van der Waals surface area contributed by atoms with Gasteiger partial charge in [-0.2, -0.15) is 0 Å². The molecule has 19 heavy (non-hydrogen) atoms. The molecule has 0 heterocycles. The van der Waals surface area contributed by atoms with Gasteiger partial charge in [-0.05, 0) is 61.1 Å². The van der Waals surface area contributed by atoms with Crippen LogP contribution in [0, 0.1) is 24.1 Å². The molecular formula is C16H19FO2. The number of methoxy groups -OCH3 is 1. The van der Waals surface area contributed by atoms with Crippen LogP contribution in [-0.2, 0) is 9.53 Å². The van der Waals surface area contributed by atoms with E-state index < -0.39 is 0 Å². The van der Waals surface area contributed by atoms with E-state index in [0.717, 1.165) is 31.2 Å². The molecular weight excluding hydrogens is 243 g/mol. The zero-order valence-corrected chi connectivity index (χ0v) is 11.4. The molecule has 1 spiro atoms. The molecule has 0 atom stereocenters. The summed E-state index contributed by atoms with van der Waals surface area (Å²) in [6.45, 7) is 1.79. The molecule has 2 nitrogen and oxygen atoms in total. The van der Waals surface area contributed by atoms with E-state index in [-0.39, 0.29) is 17.7 Å². The minimum Gasteiger partial charge on any atom is -0.469 e. The first-order chi connectivity index (χ1) is 9.03. The smallest absolute Gasteiger partial charge is 0.308 e. The average Bonchev–Trinajstić information content (AvgIpc) is 2.29. The van der Waals surface area contributed by atoms with Gasteiger partial charge in [0.25, 0.3) is 0 Å². The highest BCUT2D eigenvalue weighted by atomic mass is 19.1. The van der Waals surface area contributed by atoms with E-state index in [2.05, 4.69) is 0 Å². The summed E-state index contributed by atoms with van der Waals surface area (Å²) >= 11 is 0. The first-order valence-electron chi connectivity index (χ1n) is 6.87. The fourth-order valence-electron chi connectivity index (χ4n) is 3.74. The second-order valence-electron chi connectivity index (χ2n) is 6.24. The van der Waals surface area contributed by atoms with Crippen LogP contribution in [0.2, 0.25) is 0 Å². The predicted octanol–water partition coefficient (Wildman–Crippen LogP) is 3.58. The Balaban J connectivity index is 1.59. The summed E-state index contributed by atoms with van der Waals surface area (Å²) in [4.78, 5) is 11.4. The van der Waals surface area contributed by atoms with Crippen LogP contribution in [-0.4, -0.2) is 13.1 Å². The van der Waals surface area contributed by atoms with Gasteiger partial charge in [0.15, 0.2) is 0 Å². The maximum atomic E-state index is 13.5. The minimum atomic E-state index is -0.112. The normalized spacial score (nSPS) is 32.6. The molecule has 2 fully saturated rings. The first kappa shape index (κ1) is 12.6. The Kier molecular flexibility index (Phi) is 2.88. The Bertz CT molecular complexity index is 509. The molecule has 0 N–H and O–H groups in total. The second kappa shape index (κ2) is 4.32. The average molecular weight is 262 g/mol. The number of ether oxygens (including phenoxy) is 1. The van der Waals surface area contributed by atoms with Crippen molar-refractivity contribution in [3.63, 3.8) is 0 Å². The van der Waals surface area contributed by atoms with Gasteiger partial charge in [-0.1, -0.05) is 12.1 Å². The highest BCUT2D eigenvalue weighted by Crippen LogP contribution is 2.64. The van der Waals surface area contributed by atoms with E-state index in [1.54, 1.807) is 13.0 Å². The van der Waals surface area contributed by atoms with Crippen LogP contribution in [0.25, 0.3) is 0 Å². The Morgan fingerprint density at radius 2 is 2.00 bits per heavy atom. The van der Waals surface area contributed by atoms with E-state index in [4.69, 9.17) is 4.74 Å². The van der Waals surface area contributed by atoms with Gasteiger partial charge in [0, 0.05) is 0 Å². The van der Waals surface area contributed by atoms with Crippen LogP contribution < -0.4 is 0 Å². The van der Waals surface area contributed by atoms with Crippen molar-refractivity contribution < 1.29 is 13.9 Å². The molecule has 102 valence electrons. The Morgan fingerprint density at radius 3 is 2.58 bits per heavy atom. The third-order valence-electron chi connectivity index (χ3n) is 4.92. The molecule has 1 aromatic rings. The van der Waals surface area contributed by atoms with Gasteiger partial charge in [0.2, 0.25) is 0 Å². The summed E-state index contributed by atoms with van der Waals surface area (Å²) in [5, 5.41) is 0. The second-order valence-corrected chi connectivity index (χ2v) is 6.24. The molecule has 3 heteroatoms. The monoisotopic (exact) mass is 262 g/mol. The van der Waals surface area contributed by atoms with Crippen molar-refractivity contribution >= 4 is 5.97 Å². The Hall–Kier alpha value is -1.38. The van der Waals surface area contributed by atoms with Crippen molar-refractivity contribution in [2.24, 2.45) is 11.3 Å². The topological polar surface area (TPSA) is 26.3 Å². The third-order valence-corrected chi connectivity index (χ3v) is 4.92. The number of hydrogen-bond donors (Lipinski definition) is 0. The Labute approximate surface area is 113 Å². The van der Waals surface area contributed by atoms with Gasteiger partial charge < -0.3 is 4.74 Å².